The summed E-state index contributed by atoms with van der Waals surface area (Å²) in [4.78, 5) is 11.8. The lowest BCUT2D eigenvalue weighted by atomic mass is 9.70. The van der Waals surface area contributed by atoms with E-state index in [1.807, 2.05) is 6.92 Å². The summed E-state index contributed by atoms with van der Waals surface area (Å²) >= 11 is 3.35. The number of Topliss-reactive ketones (excluding diaryl/α,β-unsaturated/α-hetero) is 1. The molecule has 2 saturated carbocycles. The maximum absolute atomic E-state index is 12.1. The second-order valence-electron chi connectivity index (χ2n) is 5.39. The summed E-state index contributed by atoms with van der Waals surface area (Å²) in [6, 6.07) is 0. The summed E-state index contributed by atoms with van der Waals surface area (Å²) in [7, 11) is -4.05. The molecule has 2 aliphatic rings. The molecule has 0 aromatic carbocycles. The summed E-state index contributed by atoms with van der Waals surface area (Å²) in [5, 5.41) is 0. The van der Waals surface area contributed by atoms with E-state index < -0.39 is 20.9 Å². The molecule has 3 unspecified atom stereocenters. The topological polar surface area (TPSA) is 71.4 Å². The third kappa shape index (κ3) is 1.42. The average molecular weight is 311 g/mol. The number of hydrogen-bond acceptors (Lipinski definition) is 3. The van der Waals surface area contributed by atoms with Crippen molar-refractivity contribution < 1.29 is 17.8 Å². The van der Waals surface area contributed by atoms with Crippen molar-refractivity contribution in [3.05, 3.63) is 0 Å². The lowest BCUT2D eigenvalue weighted by Crippen LogP contribution is -2.40. The molecule has 0 radical (unpaired) electrons. The maximum atomic E-state index is 12.1. The SMILES string of the molecule is CC12CCC([C@H](Br)C1=O)C2(C)CS(=O)(=O)O. The first-order valence-electron chi connectivity index (χ1n) is 5.25. The molecule has 0 aromatic heterocycles. The average Bonchev–Trinajstić information content (AvgIpc) is 2.40. The predicted molar refractivity (Wildman–Crippen MR) is 63.1 cm³/mol. The number of fused-ring (bicyclic) bond motifs is 2. The Morgan fingerprint density at radius 2 is 2.06 bits per heavy atom. The van der Waals surface area contributed by atoms with Crippen LogP contribution in [-0.4, -0.2) is 29.3 Å². The minimum Gasteiger partial charge on any atom is -0.298 e. The lowest BCUT2D eigenvalue weighted by molar-refractivity contribution is -0.127. The van der Waals surface area contributed by atoms with Crippen molar-refractivity contribution in [1.82, 2.24) is 0 Å². The van der Waals surface area contributed by atoms with Gasteiger partial charge in [-0.2, -0.15) is 8.42 Å². The predicted octanol–water partition coefficient (Wildman–Crippen LogP) is 1.64. The van der Waals surface area contributed by atoms with Crippen LogP contribution in [0.1, 0.15) is 26.7 Å². The molecule has 6 heteroatoms. The van der Waals surface area contributed by atoms with E-state index in [0.29, 0.717) is 6.42 Å². The van der Waals surface area contributed by atoms with Crippen LogP contribution in [0.15, 0.2) is 0 Å². The molecule has 2 fully saturated rings. The molecule has 0 heterocycles. The molecule has 2 rings (SSSR count). The van der Waals surface area contributed by atoms with E-state index >= 15 is 0 Å². The van der Waals surface area contributed by atoms with Crippen LogP contribution >= 0.6 is 15.9 Å². The van der Waals surface area contributed by atoms with Crippen molar-refractivity contribution in [3.63, 3.8) is 0 Å². The number of rotatable bonds is 2. The highest BCUT2D eigenvalue weighted by atomic mass is 79.9. The number of halogens is 1. The Hall–Kier alpha value is 0.0600. The van der Waals surface area contributed by atoms with Gasteiger partial charge in [0.15, 0.2) is 5.78 Å². The van der Waals surface area contributed by atoms with Crippen LogP contribution in [0.3, 0.4) is 0 Å². The minimum atomic E-state index is -4.05. The van der Waals surface area contributed by atoms with E-state index in [4.69, 9.17) is 4.55 Å². The van der Waals surface area contributed by atoms with Gasteiger partial charge in [-0.25, -0.2) is 0 Å². The van der Waals surface area contributed by atoms with Gasteiger partial charge in [0.2, 0.25) is 0 Å². The Balaban J connectivity index is 2.47. The zero-order chi connectivity index (χ0) is 12.4. The molecule has 4 nitrogen and oxygen atoms in total. The normalized spacial score (nSPS) is 47.6. The van der Waals surface area contributed by atoms with Gasteiger partial charge in [0, 0.05) is 10.8 Å². The van der Waals surface area contributed by atoms with E-state index in [0.717, 1.165) is 6.42 Å². The van der Waals surface area contributed by atoms with E-state index in [1.54, 1.807) is 6.92 Å². The fourth-order valence-corrected chi connectivity index (χ4v) is 6.11. The smallest absolute Gasteiger partial charge is 0.265 e. The van der Waals surface area contributed by atoms with Gasteiger partial charge in [-0.3, -0.25) is 9.35 Å². The fourth-order valence-electron chi connectivity index (χ4n) is 3.46. The highest BCUT2D eigenvalue weighted by Gasteiger charge is 2.68. The van der Waals surface area contributed by atoms with Crippen molar-refractivity contribution in [3.8, 4) is 0 Å². The largest absolute Gasteiger partial charge is 0.298 e. The van der Waals surface area contributed by atoms with E-state index in [-0.39, 0.29) is 22.3 Å². The standard InChI is InChI=1S/C10H15BrO4S/c1-9-4-3-6(7(11)8(9)12)10(9,2)5-16(13,14)15/h6-7H,3-5H2,1-2H3,(H,13,14,15)/t6?,7-,9?,10?/m0/s1. The van der Waals surface area contributed by atoms with Crippen LogP contribution < -0.4 is 0 Å². The Labute approximate surface area is 104 Å². The zero-order valence-corrected chi connectivity index (χ0v) is 11.6. The first kappa shape index (κ1) is 12.5. The molecule has 2 aliphatic carbocycles. The molecule has 0 aromatic rings. The van der Waals surface area contributed by atoms with Crippen molar-refractivity contribution in [2.24, 2.45) is 16.7 Å². The number of alkyl halides is 1. The number of carbonyl (C=O) groups is 1. The molecule has 2 bridgehead atoms. The number of carbonyl (C=O) groups excluding carboxylic acids is 1. The van der Waals surface area contributed by atoms with Gasteiger partial charge < -0.3 is 0 Å². The van der Waals surface area contributed by atoms with Crippen LogP contribution in [-0.2, 0) is 14.9 Å². The summed E-state index contributed by atoms with van der Waals surface area (Å²) in [5.41, 5.74) is -1.27. The molecular weight excluding hydrogens is 296 g/mol. The Morgan fingerprint density at radius 1 is 1.50 bits per heavy atom. The quantitative estimate of drug-likeness (QED) is 0.622. The molecule has 0 aliphatic heterocycles. The number of ketones is 1. The van der Waals surface area contributed by atoms with E-state index in [2.05, 4.69) is 15.9 Å². The molecule has 92 valence electrons. The first-order chi connectivity index (χ1) is 7.12. The first-order valence-corrected chi connectivity index (χ1v) is 7.78. The third-order valence-electron chi connectivity index (χ3n) is 4.66. The highest BCUT2D eigenvalue weighted by Crippen LogP contribution is 2.65. The Morgan fingerprint density at radius 3 is 2.44 bits per heavy atom. The summed E-state index contributed by atoms with van der Waals surface area (Å²) in [6.07, 6.45) is 1.55. The molecular formula is C10H15BrO4S. The van der Waals surface area contributed by atoms with Crippen molar-refractivity contribution >= 4 is 31.8 Å². The Kier molecular flexibility index (Phi) is 2.58. The van der Waals surface area contributed by atoms with Gasteiger partial charge >= 0.3 is 0 Å². The van der Waals surface area contributed by atoms with Crippen LogP contribution in [0.5, 0.6) is 0 Å². The van der Waals surface area contributed by atoms with Gasteiger partial charge in [0.25, 0.3) is 10.1 Å². The zero-order valence-electron chi connectivity index (χ0n) is 9.23. The van der Waals surface area contributed by atoms with E-state index in [9.17, 15) is 13.2 Å². The molecule has 0 amide bonds. The molecule has 0 spiro atoms. The van der Waals surface area contributed by atoms with Gasteiger partial charge in [0.1, 0.15) is 0 Å². The second-order valence-corrected chi connectivity index (χ2v) is 7.83. The lowest BCUT2D eigenvalue weighted by Gasteiger charge is -2.35. The molecule has 0 saturated heterocycles. The fraction of sp³-hybridized carbons (Fsp3) is 0.900. The number of hydrogen-bond donors (Lipinski definition) is 1. The summed E-state index contributed by atoms with van der Waals surface area (Å²) in [5.74, 6) is -0.239. The van der Waals surface area contributed by atoms with Crippen LogP contribution in [0.4, 0.5) is 0 Å². The van der Waals surface area contributed by atoms with Crippen LogP contribution in [0.2, 0.25) is 0 Å². The van der Waals surface area contributed by atoms with Gasteiger partial charge in [-0.05, 0) is 18.8 Å². The maximum Gasteiger partial charge on any atom is 0.265 e. The minimum absolute atomic E-state index is 0.00641. The molecule has 1 N–H and O–H groups in total. The third-order valence-corrected chi connectivity index (χ3v) is 6.68. The molecule has 4 atom stereocenters. The van der Waals surface area contributed by atoms with Crippen molar-refractivity contribution in [2.45, 2.75) is 31.5 Å². The van der Waals surface area contributed by atoms with E-state index in [1.165, 1.54) is 0 Å². The van der Waals surface area contributed by atoms with Crippen molar-refractivity contribution in [1.29, 1.82) is 0 Å². The van der Waals surface area contributed by atoms with Crippen LogP contribution in [0, 0.1) is 16.7 Å². The monoisotopic (exact) mass is 310 g/mol. The Bertz CT molecular complexity index is 446. The summed E-state index contributed by atoms with van der Waals surface area (Å²) in [6.45, 7) is 3.62. The van der Waals surface area contributed by atoms with Crippen molar-refractivity contribution in [2.75, 3.05) is 5.75 Å². The van der Waals surface area contributed by atoms with Gasteiger partial charge in [-0.1, -0.05) is 29.8 Å². The van der Waals surface area contributed by atoms with Crippen LogP contribution in [0.25, 0.3) is 0 Å². The summed E-state index contributed by atoms with van der Waals surface area (Å²) < 4.78 is 31.2. The molecule has 16 heavy (non-hydrogen) atoms. The second kappa shape index (κ2) is 3.29. The van der Waals surface area contributed by atoms with Gasteiger partial charge in [-0.15, -0.1) is 0 Å². The highest BCUT2D eigenvalue weighted by molar-refractivity contribution is 9.10. The van der Waals surface area contributed by atoms with Gasteiger partial charge in [0.05, 0.1) is 10.6 Å².